The third-order valence-corrected chi connectivity index (χ3v) is 2.97. The van der Waals surface area contributed by atoms with E-state index in [9.17, 15) is 0 Å². The molecule has 2 aliphatic rings. The van der Waals surface area contributed by atoms with Gasteiger partial charge in [0.05, 0.1) is 0 Å². The largest absolute Gasteiger partial charge is 1.00 e. The van der Waals surface area contributed by atoms with Gasteiger partial charge in [0, 0.05) is 6.04 Å². The molecule has 0 amide bonds. The van der Waals surface area contributed by atoms with Gasteiger partial charge in [-0.15, -0.1) is 0 Å². The van der Waals surface area contributed by atoms with Crippen LogP contribution in [0.3, 0.4) is 0 Å². The SMILES string of the molecule is C1CCN(C2CCNCC2)C1.[H-].[Li+]. The average molecular weight is 162 g/mol. The summed E-state index contributed by atoms with van der Waals surface area (Å²) in [6.07, 6.45) is 5.62. The molecule has 0 radical (unpaired) electrons. The summed E-state index contributed by atoms with van der Waals surface area (Å²) in [4.78, 5) is 2.68. The van der Waals surface area contributed by atoms with Crippen molar-refractivity contribution in [3.05, 3.63) is 0 Å². The molecule has 2 nitrogen and oxygen atoms in total. The molecule has 12 heavy (non-hydrogen) atoms. The molecule has 0 saturated carbocycles. The molecule has 0 atom stereocenters. The molecule has 1 N–H and O–H groups in total. The molecule has 66 valence electrons. The summed E-state index contributed by atoms with van der Waals surface area (Å²) in [5.41, 5.74) is 0. The first-order valence-corrected chi connectivity index (χ1v) is 4.91. The minimum Gasteiger partial charge on any atom is -1.00 e. The van der Waals surface area contributed by atoms with E-state index >= 15 is 0 Å². The maximum absolute atomic E-state index is 3.41. The second-order valence-electron chi connectivity index (χ2n) is 3.72. The molecule has 0 bridgehead atoms. The second-order valence-corrected chi connectivity index (χ2v) is 3.72. The van der Waals surface area contributed by atoms with Crippen molar-refractivity contribution >= 4 is 0 Å². The van der Waals surface area contributed by atoms with Crippen molar-refractivity contribution in [2.75, 3.05) is 26.2 Å². The minimum atomic E-state index is 0. The second kappa shape index (κ2) is 5.29. The molecule has 2 fully saturated rings. The van der Waals surface area contributed by atoms with Crippen LogP contribution in [0.15, 0.2) is 0 Å². The van der Waals surface area contributed by atoms with Crippen molar-refractivity contribution in [3.8, 4) is 0 Å². The van der Waals surface area contributed by atoms with Crippen LogP contribution in [0.25, 0.3) is 0 Å². The molecule has 0 spiro atoms. The first kappa shape index (κ1) is 10.6. The van der Waals surface area contributed by atoms with E-state index in [1.54, 1.807) is 0 Å². The van der Waals surface area contributed by atoms with E-state index in [1.807, 2.05) is 0 Å². The Kier molecular flexibility index (Phi) is 4.67. The van der Waals surface area contributed by atoms with Gasteiger partial charge in [0.15, 0.2) is 0 Å². The number of likely N-dealkylation sites (tertiary alicyclic amines) is 1. The number of rotatable bonds is 1. The number of hydrogen-bond donors (Lipinski definition) is 1. The number of nitrogens with one attached hydrogen (secondary N) is 1. The molecular weight excluding hydrogens is 143 g/mol. The van der Waals surface area contributed by atoms with E-state index < -0.39 is 0 Å². The van der Waals surface area contributed by atoms with Crippen molar-refractivity contribution < 1.29 is 20.3 Å². The summed E-state index contributed by atoms with van der Waals surface area (Å²) >= 11 is 0. The molecule has 0 aromatic carbocycles. The van der Waals surface area contributed by atoms with E-state index in [1.165, 1.54) is 51.9 Å². The predicted molar refractivity (Wildman–Crippen MR) is 47.8 cm³/mol. The molecule has 2 rings (SSSR count). The van der Waals surface area contributed by atoms with Gasteiger partial charge in [0.25, 0.3) is 0 Å². The maximum Gasteiger partial charge on any atom is 1.00 e. The third-order valence-electron chi connectivity index (χ3n) is 2.97. The normalized spacial score (nSPS) is 27.0. The molecule has 2 aliphatic heterocycles. The molecule has 0 unspecified atom stereocenters. The molecule has 2 heterocycles. The Morgan fingerprint density at radius 1 is 1.08 bits per heavy atom. The number of hydrogen-bond acceptors (Lipinski definition) is 2. The summed E-state index contributed by atoms with van der Waals surface area (Å²) < 4.78 is 0. The fourth-order valence-electron chi connectivity index (χ4n) is 2.28. The quantitative estimate of drug-likeness (QED) is 0.447. The van der Waals surface area contributed by atoms with Crippen LogP contribution >= 0.6 is 0 Å². The molecular formula is C9H19LiN2. The van der Waals surface area contributed by atoms with Crippen LogP contribution in [0, 0.1) is 0 Å². The van der Waals surface area contributed by atoms with Crippen molar-refractivity contribution in [1.29, 1.82) is 0 Å². The first-order valence-electron chi connectivity index (χ1n) is 4.91. The van der Waals surface area contributed by atoms with Crippen molar-refractivity contribution in [3.63, 3.8) is 0 Å². The fourth-order valence-corrected chi connectivity index (χ4v) is 2.28. The van der Waals surface area contributed by atoms with Crippen LogP contribution in [0.1, 0.15) is 27.1 Å². The molecule has 0 aromatic heterocycles. The van der Waals surface area contributed by atoms with E-state index in [-0.39, 0.29) is 20.3 Å². The average Bonchev–Trinajstić information content (AvgIpc) is 2.58. The molecule has 2 saturated heterocycles. The van der Waals surface area contributed by atoms with Crippen molar-refractivity contribution in [2.24, 2.45) is 0 Å². The summed E-state index contributed by atoms with van der Waals surface area (Å²) in [6, 6.07) is 0.916. The van der Waals surface area contributed by atoms with Crippen molar-refractivity contribution in [2.45, 2.75) is 31.7 Å². The maximum atomic E-state index is 3.41. The van der Waals surface area contributed by atoms with Gasteiger partial charge in [-0.3, -0.25) is 0 Å². The van der Waals surface area contributed by atoms with Gasteiger partial charge in [0.2, 0.25) is 0 Å². The molecule has 0 aliphatic carbocycles. The summed E-state index contributed by atoms with van der Waals surface area (Å²) in [5, 5.41) is 3.41. The minimum absolute atomic E-state index is 0. The molecule has 3 heteroatoms. The standard InChI is InChI=1S/C9H18N2.Li.H/c1-2-8-11(7-1)9-3-5-10-6-4-9;;/h9-10H,1-8H2;;/q;+1;-1. The Balaban J connectivity index is 0.000000720. The topological polar surface area (TPSA) is 15.3 Å². The predicted octanol–water partition coefficient (Wildman–Crippen LogP) is -2.05. The summed E-state index contributed by atoms with van der Waals surface area (Å²) in [7, 11) is 0. The fraction of sp³-hybridized carbons (Fsp3) is 1.00. The summed E-state index contributed by atoms with van der Waals surface area (Å²) in [6.45, 7) is 5.21. The Bertz CT molecular complexity index is 123. The van der Waals surface area contributed by atoms with Gasteiger partial charge in [-0.2, -0.15) is 0 Å². The van der Waals surface area contributed by atoms with Gasteiger partial charge in [-0.1, -0.05) is 0 Å². The van der Waals surface area contributed by atoms with Gasteiger partial charge < -0.3 is 11.6 Å². The number of nitrogens with zero attached hydrogens (tertiary/aromatic N) is 1. The number of piperidine rings is 1. The van der Waals surface area contributed by atoms with Gasteiger partial charge >= 0.3 is 18.9 Å². The van der Waals surface area contributed by atoms with Gasteiger partial charge in [-0.25, -0.2) is 0 Å². The Hall–Kier alpha value is 0.517. The van der Waals surface area contributed by atoms with E-state index in [2.05, 4.69) is 10.2 Å². The van der Waals surface area contributed by atoms with Crippen LogP contribution in [-0.2, 0) is 0 Å². The van der Waals surface area contributed by atoms with Crippen LogP contribution < -0.4 is 24.2 Å². The summed E-state index contributed by atoms with van der Waals surface area (Å²) in [5.74, 6) is 0. The van der Waals surface area contributed by atoms with Crippen LogP contribution in [0.2, 0.25) is 0 Å². The zero-order valence-corrected chi connectivity index (χ0v) is 8.18. The Morgan fingerprint density at radius 3 is 2.25 bits per heavy atom. The zero-order valence-electron chi connectivity index (χ0n) is 9.18. The Labute approximate surface area is 88.7 Å². The first-order chi connectivity index (χ1) is 5.47. The smallest absolute Gasteiger partial charge is 1.00 e. The molecule has 0 aromatic rings. The van der Waals surface area contributed by atoms with E-state index in [0.717, 1.165) is 6.04 Å². The third kappa shape index (κ3) is 2.50. The van der Waals surface area contributed by atoms with Gasteiger partial charge in [0.1, 0.15) is 0 Å². The zero-order chi connectivity index (χ0) is 7.52. The van der Waals surface area contributed by atoms with Crippen molar-refractivity contribution in [1.82, 2.24) is 10.2 Å². The van der Waals surface area contributed by atoms with Crippen LogP contribution in [-0.4, -0.2) is 37.1 Å². The van der Waals surface area contributed by atoms with Gasteiger partial charge in [-0.05, 0) is 51.9 Å². The van der Waals surface area contributed by atoms with Crippen LogP contribution in [0.4, 0.5) is 0 Å². The van der Waals surface area contributed by atoms with E-state index in [4.69, 9.17) is 0 Å². The monoisotopic (exact) mass is 162 g/mol. The Morgan fingerprint density at radius 2 is 1.67 bits per heavy atom. The van der Waals surface area contributed by atoms with E-state index in [0.29, 0.717) is 0 Å². The van der Waals surface area contributed by atoms with Crippen LogP contribution in [0.5, 0.6) is 0 Å².